The van der Waals surface area contributed by atoms with Gasteiger partial charge in [0.05, 0.1) is 189 Å². The van der Waals surface area contributed by atoms with Gasteiger partial charge in [-0.1, -0.05) is 0 Å². The first-order valence-corrected chi connectivity index (χ1v) is 36.4. The molecule has 48 nitrogen and oxygen atoms in total. The molecule has 0 spiro atoms. The average molecular weight is 1600 g/mol. The van der Waals surface area contributed by atoms with Crippen LogP contribution >= 0.6 is 0 Å². The minimum Gasteiger partial charge on any atom is -0.545 e. The number of nitrogens with one attached hydrogen (secondary N) is 6. The van der Waals surface area contributed by atoms with Gasteiger partial charge in [0.15, 0.2) is 0 Å². The van der Waals surface area contributed by atoms with Crippen molar-refractivity contribution >= 4 is 71.6 Å². The average Bonchev–Trinajstić information content (AvgIpc) is 0.766. The summed E-state index contributed by atoms with van der Waals surface area (Å²) < 4.78 is 0. The normalized spacial score (nSPS) is 34.9. The number of carboxylic acids is 12. The van der Waals surface area contributed by atoms with Crippen molar-refractivity contribution in [2.24, 2.45) is 0 Å². The molecule has 0 unspecified atom stereocenters. The zero-order chi connectivity index (χ0) is 81.4. The fourth-order valence-electron chi connectivity index (χ4n) is 18.2. The number of carbonyl (C=O) groups is 12. The summed E-state index contributed by atoms with van der Waals surface area (Å²) in [6, 6.07) is 2.45. The van der Waals surface area contributed by atoms with Gasteiger partial charge in [-0.15, -0.1) is 0 Å². The number of nitrogens with zero attached hydrogens (tertiary/aromatic N) is 18. The van der Waals surface area contributed by atoms with Crippen molar-refractivity contribution in [3.05, 3.63) is 103 Å². The van der Waals surface area contributed by atoms with E-state index in [4.69, 9.17) is 30.6 Å². The molecule has 48 heteroatoms. The minimum atomic E-state index is -1.94. The van der Waals surface area contributed by atoms with Crippen molar-refractivity contribution in [3.63, 3.8) is 0 Å². The number of carbonyl (C=O) groups excluding carboxylic acids is 6. The van der Waals surface area contributed by atoms with Gasteiger partial charge in [0.25, 0.3) is 0 Å². The van der Waals surface area contributed by atoms with E-state index in [1.165, 1.54) is 240 Å². The van der Waals surface area contributed by atoms with E-state index in [9.17, 15) is 88.2 Å². The Hall–Kier alpha value is -9.66. The Morgan fingerprint density at radius 1 is 0.175 bits per heavy atom. The second-order valence-corrected chi connectivity index (χ2v) is 31.4. The number of hydrogen-bond acceptors (Lipinski definition) is 36. The van der Waals surface area contributed by atoms with Crippen molar-refractivity contribution in [2.75, 3.05) is 240 Å². The highest BCUT2D eigenvalue weighted by molar-refractivity contribution is 6.10. The predicted molar refractivity (Wildman–Crippen MR) is 361 cm³/mol. The maximum Gasteiger partial charge on any atom is 0.336 e. The number of hydrogen-bond donors (Lipinski definition) is 12. The van der Waals surface area contributed by atoms with Gasteiger partial charge in [-0.3, -0.25) is 29.4 Å². The molecule has 24 saturated heterocycles. The lowest BCUT2D eigenvalue weighted by Crippen LogP contribution is -3.21. The SMILES string of the molecule is C1N2CN3CN1C[NH+](C2)C3.C1N2CN3CN1C[NH+](C2)C3.C1N2CN3CN1C[NH+](C2)C3.C1N2CN3CN1C[NH+](C2)C3.C1N2CN3CN1C[NH+](C2)C3.C1N2CN3CN1C[NH+](C2)C3.O=C([O-])c1cc(C(=O)[O-])c(C(=O)O)cc1C(=O)O.O=C([O-])c1cc(C(=O)[O-])c(C(=O)O)cc1C(=O)O.O=C([O-])c1cc(C(=O)[O-])c(C(=O)O)cc1C(=O)O. The number of aromatic carboxylic acids is 12. The van der Waals surface area contributed by atoms with E-state index in [-0.39, 0.29) is 0 Å². The Balaban J connectivity index is 0.000000113. The van der Waals surface area contributed by atoms with E-state index in [0.717, 1.165) is 0 Å². The van der Waals surface area contributed by atoms with Gasteiger partial charge in [-0.2, -0.15) is 0 Å². The maximum absolute atomic E-state index is 10.7. The van der Waals surface area contributed by atoms with Crippen LogP contribution in [0.3, 0.4) is 0 Å². The van der Waals surface area contributed by atoms with E-state index in [2.05, 4.69) is 88.2 Å². The van der Waals surface area contributed by atoms with Crippen molar-refractivity contribution in [1.29, 1.82) is 0 Å². The quantitative estimate of drug-likeness (QED) is 0.0801. The molecule has 0 aromatic heterocycles. The van der Waals surface area contributed by atoms with Crippen LogP contribution in [0.2, 0.25) is 0 Å². The Kier molecular flexibility index (Phi) is 25.1. The molecule has 114 heavy (non-hydrogen) atoms. The largest absolute Gasteiger partial charge is 0.545 e. The number of rotatable bonds is 12. The summed E-state index contributed by atoms with van der Waals surface area (Å²) in [5.41, 5.74) is -10.9. The molecule has 12 N–H and O–H groups in total. The van der Waals surface area contributed by atoms with Crippen LogP contribution in [-0.2, 0) is 0 Å². The van der Waals surface area contributed by atoms with Crippen LogP contribution in [0.15, 0.2) is 36.4 Å². The molecule has 24 fully saturated rings. The van der Waals surface area contributed by atoms with E-state index in [1.54, 1.807) is 29.4 Å². The molecule has 27 rings (SSSR count). The predicted octanol–water partition coefficient (Wildman–Crippen LogP) is -21.2. The zero-order valence-electron chi connectivity index (χ0n) is 62.0. The lowest BCUT2D eigenvalue weighted by Gasteiger charge is -2.53. The van der Waals surface area contributed by atoms with Crippen molar-refractivity contribution < 1.29 is 148 Å². The molecule has 3 aromatic rings. The fourth-order valence-corrected chi connectivity index (χ4v) is 18.2. The topological polar surface area (TPSA) is 550 Å². The highest BCUT2D eigenvalue weighted by Gasteiger charge is 2.45. The third-order valence-electron chi connectivity index (χ3n) is 21.4. The molecule has 0 saturated carbocycles. The molecule has 0 radical (unpaired) electrons. The monoisotopic (exact) mass is 1600 g/mol. The van der Waals surface area contributed by atoms with Gasteiger partial charge in [0.2, 0.25) is 0 Å². The Morgan fingerprint density at radius 2 is 0.254 bits per heavy atom. The second kappa shape index (κ2) is 34.8. The molecule has 0 atom stereocenters. The van der Waals surface area contributed by atoms with E-state index in [0.29, 0.717) is 36.4 Å². The van der Waals surface area contributed by atoms with E-state index < -0.39 is 138 Å². The Bertz CT molecular complexity index is 3120. The van der Waals surface area contributed by atoms with Gasteiger partial charge in [0.1, 0.15) is 120 Å². The summed E-state index contributed by atoms with van der Waals surface area (Å²) in [5.74, 6) is -22.0. The summed E-state index contributed by atoms with van der Waals surface area (Å²) in [4.78, 5) is 184. The molecule has 24 heterocycles. The van der Waals surface area contributed by atoms with Crippen LogP contribution in [0.25, 0.3) is 0 Å². The number of benzene rings is 3. The van der Waals surface area contributed by atoms with Crippen LogP contribution in [0, 0.1) is 0 Å². The lowest BCUT2D eigenvalue weighted by atomic mass is 9.98. The highest BCUT2D eigenvalue weighted by Crippen LogP contribution is 2.22. The summed E-state index contributed by atoms with van der Waals surface area (Å²) >= 11 is 0. The first-order chi connectivity index (χ1) is 54.1. The molecule has 0 aliphatic carbocycles. The highest BCUT2D eigenvalue weighted by atomic mass is 16.4. The zero-order valence-corrected chi connectivity index (χ0v) is 62.0. The van der Waals surface area contributed by atoms with E-state index >= 15 is 0 Å². The Morgan fingerprint density at radius 3 is 0.316 bits per heavy atom. The fraction of sp³-hybridized carbons (Fsp3) is 0.545. The standard InChI is InChI=1S/3C10H6O8.6C6H12N4/c3*11-7(12)3-1-4(8(13)14)6(10(17)18)2-5(3)9(15)16;6*1-7-2-9-4-8(1)5-10(3-7)6-9/h3*1-2H,(H,11,12)(H,13,14)(H,15,16)(H,17,18);6*1-6H2. The van der Waals surface area contributed by atoms with Gasteiger partial charge >= 0.3 is 35.8 Å². The molecule has 24 bridgehead atoms. The smallest absolute Gasteiger partial charge is 0.336 e. The third-order valence-corrected chi connectivity index (χ3v) is 21.4. The maximum atomic E-state index is 10.7. The number of quaternary nitrogens is 6. The second-order valence-electron chi connectivity index (χ2n) is 31.4. The minimum absolute atomic E-state index is 0.386. The first kappa shape index (κ1) is 82.3. The van der Waals surface area contributed by atoms with Gasteiger partial charge in [0, 0.05) is 33.4 Å². The third kappa shape index (κ3) is 19.8. The molecular formula is C66H90N24O24. The molecule has 24 aliphatic heterocycles. The molecule has 3 aromatic carbocycles. The van der Waals surface area contributed by atoms with E-state index in [1.807, 2.05) is 0 Å². The van der Waals surface area contributed by atoms with Crippen LogP contribution in [0.4, 0.5) is 0 Å². The molecule has 0 amide bonds. The summed E-state index contributed by atoms with van der Waals surface area (Å²) in [6.07, 6.45) is 0. The van der Waals surface area contributed by atoms with Gasteiger partial charge in [-0.25, -0.2) is 117 Å². The van der Waals surface area contributed by atoms with Crippen molar-refractivity contribution in [1.82, 2.24) is 88.2 Å². The summed E-state index contributed by atoms with van der Waals surface area (Å²) in [6.45, 7) is 44.6. The van der Waals surface area contributed by atoms with Gasteiger partial charge in [-0.05, 0) is 36.4 Å². The molecule has 24 aliphatic rings. The molecular weight excluding hydrogens is 1510 g/mol. The first-order valence-electron chi connectivity index (χ1n) is 36.4. The van der Waals surface area contributed by atoms with Crippen LogP contribution < -0.4 is 60.0 Å². The number of carboxylic acid groups (broad SMARTS) is 12. The Labute approximate surface area is 649 Å². The lowest BCUT2D eigenvalue weighted by molar-refractivity contribution is -0.958. The van der Waals surface area contributed by atoms with Crippen molar-refractivity contribution in [2.45, 2.75) is 0 Å². The van der Waals surface area contributed by atoms with Crippen LogP contribution in [0.5, 0.6) is 0 Å². The van der Waals surface area contributed by atoms with Crippen LogP contribution in [0.1, 0.15) is 124 Å². The summed E-state index contributed by atoms with van der Waals surface area (Å²) in [7, 11) is 0. The van der Waals surface area contributed by atoms with Gasteiger partial charge < -0.3 is 90.0 Å². The van der Waals surface area contributed by atoms with Crippen molar-refractivity contribution in [3.8, 4) is 0 Å². The van der Waals surface area contributed by atoms with Crippen LogP contribution in [-0.4, -0.2) is 431 Å². The molecule has 618 valence electrons. The summed E-state index contributed by atoms with van der Waals surface area (Å²) in [5, 5.41) is 116.